The van der Waals surface area contributed by atoms with E-state index in [0.29, 0.717) is 11.4 Å². The predicted octanol–water partition coefficient (Wildman–Crippen LogP) is 4.58. The highest BCUT2D eigenvalue weighted by Crippen LogP contribution is 2.26. The summed E-state index contributed by atoms with van der Waals surface area (Å²) in [6.07, 6.45) is 10.7. The minimum absolute atomic E-state index is 0.0184. The number of aromatic hydroxyl groups is 1. The maximum absolute atomic E-state index is 12.6. The lowest BCUT2D eigenvalue weighted by Crippen LogP contribution is -2.31. The Bertz CT molecular complexity index is 1020. The number of amides is 1. The highest BCUT2D eigenvalue weighted by atomic mass is 127. The highest BCUT2D eigenvalue weighted by Gasteiger charge is 2.28. The van der Waals surface area contributed by atoms with E-state index in [4.69, 9.17) is 18.0 Å². The molecular formula is C21H14ClIN2O2. The van der Waals surface area contributed by atoms with Crippen molar-refractivity contribution in [2.24, 2.45) is 4.99 Å². The zero-order valence-corrected chi connectivity index (χ0v) is 17.0. The van der Waals surface area contributed by atoms with Gasteiger partial charge in [-0.25, -0.2) is 4.99 Å². The second-order valence-electron chi connectivity index (χ2n) is 5.69. The Morgan fingerprint density at radius 2 is 1.89 bits per heavy atom. The highest BCUT2D eigenvalue weighted by molar-refractivity contribution is 14.1. The van der Waals surface area contributed by atoms with E-state index in [1.54, 1.807) is 24.3 Å². The number of carbonyl (C=O) groups excluding carboxylic acids is 1. The smallest absolute Gasteiger partial charge is 0.278 e. The summed E-state index contributed by atoms with van der Waals surface area (Å²) >= 11 is 8.16. The topological polar surface area (TPSA) is 52.9 Å². The summed E-state index contributed by atoms with van der Waals surface area (Å²) in [7, 11) is 0. The van der Waals surface area contributed by atoms with Gasteiger partial charge in [-0.05, 0) is 70.1 Å². The molecule has 0 unspecified atom stereocenters. The van der Waals surface area contributed by atoms with E-state index in [9.17, 15) is 9.90 Å². The molecule has 0 saturated carbocycles. The van der Waals surface area contributed by atoms with Gasteiger partial charge in [0.05, 0.1) is 11.6 Å². The number of hydrogen-bond donors (Lipinski definition) is 1. The van der Waals surface area contributed by atoms with Crippen molar-refractivity contribution < 1.29 is 9.90 Å². The molecule has 2 aromatic rings. The molecule has 1 N–H and O–H groups in total. The number of terminal acetylenes is 1. The van der Waals surface area contributed by atoms with E-state index in [0.717, 1.165) is 9.13 Å². The van der Waals surface area contributed by atoms with Gasteiger partial charge in [-0.3, -0.25) is 9.69 Å². The lowest BCUT2D eigenvalue weighted by molar-refractivity contribution is -0.122. The SMILES string of the molecule is C#CCN1C(=O)/C(=C/c2ccc(O)c(Cl)c2)N=C1/C=C/c1ccc(I)cc1. The molecule has 4 nitrogen and oxygen atoms in total. The lowest BCUT2D eigenvalue weighted by Gasteiger charge is -2.12. The molecule has 1 amide bonds. The first-order chi connectivity index (χ1) is 13.0. The molecule has 0 spiro atoms. The summed E-state index contributed by atoms with van der Waals surface area (Å²) in [5.74, 6) is 2.67. The van der Waals surface area contributed by atoms with Crippen molar-refractivity contribution in [3.05, 3.63) is 74.0 Å². The van der Waals surface area contributed by atoms with Crippen LogP contribution in [0.4, 0.5) is 0 Å². The molecule has 0 aromatic heterocycles. The predicted molar refractivity (Wildman–Crippen MR) is 117 cm³/mol. The quantitative estimate of drug-likeness (QED) is 0.389. The molecule has 0 radical (unpaired) electrons. The Kier molecular flexibility index (Phi) is 5.99. The molecule has 0 bridgehead atoms. The number of aliphatic imine (C=N–C) groups is 1. The van der Waals surface area contributed by atoms with Crippen LogP contribution in [0.15, 0.2) is 59.2 Å². The molecule has 0 fully saturated rings. The fourth-order valence-electron chi connectivity index (χ4n) is 2.45. The third-order valence-corrected chi connectivity index (χ3v) is 4.82. The van der Waals surface area contributed by atoms with Crippen molar-refractivity contribution >= 4 is 58.1 Å². The summed E-state index contributed by atoms with van der Waals surface area (Å²) < 4.78 is 1.14. The minimum Gasteiger partial charge on any atom is -0.506 e. The number of halogens is 2. The minimum atomic E-state index is -0.278. The molecule has 0 aliphatic carbocycles. The fraction of sp³-hybridized carbons (Fsp3) is 0.0476. The van der Waals surface area contributed by atoms with E-state index in [1.807, 2.05) is 30.3 Å². The van der Waals surface area contributed by atoms with Crippen molar-refractivity contribution in [2.75, 3.05) is 6.54 Å². The van der Waals surface area contributed by atoms with Crippen LogP contribution in [-0.2, 0) is 4.79 Å². The van der Waals surface area contributed by atoms with Gasteiger partial charge in [0.15, 0.2) is 0 Å². The summed E-state index contributed by atoms with van der Waals surface area (Å²) in [5, 5.41) is 9.73. The van der Waals surface area contributed by atoms with E-state index in [-0.39, 0.29) is 28.9 Å². The van der Waals surface area contributed by atoms with Crippen LogP contribution in [0.1, 0.15) is 11.1 Å². The van der Waals surface area contributed by atoms with Crippen molar-refractivity contribution in [1.82, 2.24) is 4.90 Å². The van der Waals surface area contributed by atoms with Crippen LogP contribution >= 0.6 is 34.2 Å². The standard InChI is InChI=1S/C21H14ClIN2O2/c1-2-11-25-20(10-6-14-3-7-16(23)8-4-14)24-18(21(25)27)13-15-5-9-19(26)17(22)12-15/h1,3-10,12-13,26H,11H2/b10-6+,18-13-. The van der Waals surface area contributed by atoms with E-state index in [2.05, 4.69) is 33.5 Å². The average Bonchev–Trinajstić information content (AvgIpc) is 2.94. The third kappa shape index (κ3) is 4.59. The van der Waals surface area contributed by atoms with Crippen LogP contribution in [0.2, 0.25) is 5.02 Å². The van der Waals surface area contributed by atoms with Crippen LogP contribution in [-0.4, -0.2) is 28.3 Å². The van der Waals surface area contributed by atoms with E-state index < -0.39 is 0 Å². The zero-order chi connectivity index (χ0) is 19.4. The average molecular weight is 489 g/mol. The van der Waals surface area contributed by atoms with Gasteiger partial charge < -0.3 is 5.11 Å². The molecular weight excluding hydrogens is 475 g/mol. The first-order valence-corrected chi connectivity index (χ1v) is 9.41. The molecule has 6 heteroatoms. The first kappa shape index (κ1) is 19.2. The second kappa shape index (κ2) is 8.42. The van der Waals surface area contributed by atoms with Gasteiger partial charge in [0.2, 0.25) is 0 Å². The monoisotopic (exact) mass is 488 g/mol. The lowest BCUT2D eigenvalue weighted by atomic mass is 10.2. The molecule has 3 rings (SSSR count). The van der Waals surface area contributed by atoms with E-state index in [1.165, 1.54) is 11.0 Å². The zero-order valence-electron chi connectivity index (χ0n) is 14.1. The van der Waals surface area contributed by atoms with Crippen LogP contribution in [0.5, 0.6) is 5.75 Å². The van der Waals surface area contributed by atoms with Crippen LogP contribution in [0, 0.1) is 15.9 Å². The Morgan fingerprint density at radius 3 is 2.56 bits per heavy atom. The molecule has 27 heavy (non-hydrogen) atoms. The Morgan fingerprint density at radius 1 is 1.19 bits per heavy atom. The van der Waals surface area contributed by atoms with Gasteiger partial charge >= 0.3 is 0 Å². The number of amidine groups is 1. The molecule has 1 heterocycles. The van der Waals surface area contributed by atoms with Crippen molar-refractivity contribution in [2.45, 2.75) is 0 Å². The number of carbonyl (C=O) groups is 1. The molecule has 134 valence electrons. The Balaban J connectivity index is 1.92. The van der Waals surface area contributed by atoms with Gasteiger partial charge in [0, 0.05) is 3.57 Å². The summed E-state index contributed by atoms with van der Waals surface area (Å²) in [5.41, 5.74) is 1.91. The van der Waals surface area contributed by atoms with Crippen molar-refractivity contribution in [3.8, 4) is 18.1 Å². The molecule has 1 aliphatic rings. The number of hydrogen-bond acceptors (Lipinski definition) is 3. The number of phenols is 1. The fourth-order valence-corrected chi connectivity index (χ4v) is 3.00. The summed E-state index contributed by atoms with van der Waals surface area (Å²) in [6.45, 7) is 0.127. The van der Waals surface area contributed by atoms with Gasteiger partial charge in [-0.15, -0.1) is 6.42 Å². The maximum atomic E-state index is 12.6. The Hall–Kier alpha value is -2.56. The number of rotatable bonds is 4. The summed E-state index contributed by atoms with van der Waals surface area (Å²) in [4.78, 5) is 18.5. The number of nitrogens with zero attached hydrogens (tertiary/aromatic N) is 2. The van der Waals surface area contributed by atoms with Crippen LogP contribution < -0.4 is 0 Å². The van der Waals surface area contributed by atoms with Gasteiger partial charge in [-0.2, -0.15) is 0 Å². The Labute approximate surface area is 176 Å². The molecule has 1 aliphatic heterocycles. The van der Waals surface area contributed by atoms with Gasteiger partial charge in [-0.1, -0.05) is 41.8 Å². The first-order valence-electron chi connectivity index (χ1n) is 7.96. The molecule has 0 atom stereocenters. The normalized spacial score (nSPS) is 15.4. The van der Waals surface area contributed by atoms with Gasteiger partial charge in [0.25, 0.3) is 5.91 Å². The number of phenolic OH excluding ortho intramolecular Hbond substituents is 1. The largest absolute Gasteiger partial charge is 0.506 e. The van der Waals surface area contributed by atoms with Crippen molar-refractivity contribution in [1.29, 1.82) is 0 Å². The number of benzene rings is 2. The van der Waals surface area contributed by atoms with Crippen LogP contribution in [0.25, 0.3) is 12.2 Å². The van der Waals surface area contributed by atoms with Gasteiger partial charge in [0.1, 0.15) is 17.3 Å². The molecule has 0 saturated heterocycles. The van der Waals surface area contributed by atoms with Crippen LogP contribution in [0.3, 0.4) is 0 Å². The molecule has 2 aromatic carbocycles. The summed E-state index contributed by atoms with van der Waals surface area (Å²) in [6, 6.07) is 12.7. The third-order valence-electron chi connectivity index (χ3n) is 3.80. The maximum Gasteiger partial charge on any atom is 0.278 e. The van der Waals surface area contributed by atoms with Crippen molar-refractivity contribution in [3.63, 3.8) is 0 Å². The van der Waals surface area contributed by atoms with E-state index >= 15 is 0 Å². The second-order valence-corrected chi connectivity index (χ2v) is 7.34.